The molecule has 1 aromatic carbocycles. The molecular formula is C25H32N4O4S. The average molecular weight is 485 g/mol. The SMILES string of the molecule is CCCCc1nc(OC)c(NC(=O)c2csc(Oc3cc(C(C)(C)C)ccc3C)n2)c(OC)n1. The van der Waals surface area contributed by atoms with Crippen LogP contribution in [0.1, 0.15) is 68.0 Å². The van der Waals surface area contributed by atoms with Gasteiger partial charge in [0.1, 0.15) is 17.3 Å². The minimum Gasteiger partial charge on any atom is -0.479 e. The molecule has 0 aliphatic carbocycles. The van der Waals surface area contributed by atoms with Gasteiger partial charge >= 0.3 is 0 Å². The van der Waals surface area contributed by atoms with Crippen LogP contribution >= 0.6 is 11.3 Å². The van der Waals surface area contributed by atoms with Crippen LogP contribution in [0.25, 0.3) is 0 Å². The van der Waals surface area contributed by atoms with Crippen molar-refractivity contribution in [2.24, 2.45) is 0 Å². The Hall–Kier alpha value is -3.20. The first kappa shape index (κ1) is 25.4. The summed E-state index contributed by atoms with van der Waals surface area (Å²) in [6.07, 6.45) is 2.65. The zero-order chi connectivity index (χ0) is 24.9. The number of aromatic nitrogens is 3. The predicted octanol–water partition coefficient (Wildman–Crippen LogP) is 5.94. The molecule has 2 heterocycles. The largest absolute Gasteiger partial charge is 0.479 e. The zero-order valence-electron chi connectivity index (χ0n) is 20.8. The number of carbonyl (C=O) groups is 1. The molecule has 1 amide bonds. The number of anilines is 1. The van der Waals surface area contributed by atoms with Gasteiger partial charge in [-0.25, -0.2) is 0 Å². The first-order valence-electron chi connectivity index (χ1n) is 11.2. The number of methoxy groups -OCH3 is 2. The van der Waals surface area contributed by atoms with Gasteiger partial charge in [0.15, 0.2) is 5.69 Å². The number of amides is 1. The topological polar surface area (TPSA) is 95.5 Å². The van der Waals surface area contributed by atoms with Crippen LogP contribution < -0.4 is 19.5 Å². The number of unbranched alkanes of at least 4 members (excludes halogenated alkanes) is 1. The number of carbonyl (C=O) groups excluding carboxylic acids is 1. The van der Waals surface area contributed by atoms with Crippen molar-refractivity contribution in [2.75, 3.05) is 19.5 Å². The van der Waals surface area contributed by atoms with E-state index >= 15 is 0 Å². The van der Waals surface area contributed by atoms with Crippen LogP contribution in [0.5, 0.6) is 22.7 Å². The molecule has 0 saturated carbocycles. The number of thiazole rings is 1. The molecule has 2 aromatic heterocycles. The summed E-state index contributed by atoms with van der Waals surface area (Å²) in [4.78, 5) is 26.1. The third kappa shape index (κ3) is 6.02. The van der Waals surface area contributed by atoms with E-state index in [9.17, 15) is 4.79 Å². The summed E-state index contributed by atoms with van der Waals surface area (Å²) in [5.41, 5.74) is 2.61. The Morgan fingerprint density at radius 2 is 1.76 bits per heavy atom. The van der Waals surface area contributed by atoms with Gasteiger partial charge in [-0.2, -0.15) is 15.0 Å². The predicted molar refractivity (Wildman–Crippen MR) is 134 cm³/mol. The molecule has 3 rings (SSSR count). The quantitative estimate of drug-likeness (QED) is 0.401. The molecule has 0 unspecified atom stereocenters. The van der Waals surface area contributed by atoms with E-state index in [4.69, 9.17) is 14.2 Å². The van der Waals surface area contributed by atoms with E-state index in [1.54, 1.807) is 5.38 Å². The molecule has 0 fully saturated rings. The highest BCUT2D eigenvalue weighted by Gasteiger charge is 2.22. The van der Waals surface area contributed by atoms with Crippen LogP contribution in [0.4, 0.5) is 5.69 Å². The zero-order valence-corrected chi connectivity index (χ0v) is 21.6. The molecule has 0 aliphatic heterocycles. The van der Waals surface area contributed by atoms with Crippen LogP contribution in [0.2, 0.25) is 0 Å². The molecule has 0 aliphatic rings. The molecule has 8 nitrogen and oxygen atoms in total. The molecule has 3 aromatic rings. The average Bonchev–Trinajstić information content (AvgIpc) is 3.27. The molecular weight excluding hydrogens is 452 g/mol. The Morgan fingerprint density at radius 3 is 2.35 bits per heavy atom. The normalized spacial score (nSPS) is 11.3. The van der Waals surface area contributed by atoms with Gasteiger partial charge in [0, 0.05) is 11.8 Å². The monoisotopic (exact) mass is 484 g/mol. The highest BCUT2D eigenvalue weighted by Crippen LogP contribution is 2.34. The van der Waals surface area contributed by atoms with Crippen molar-refractivity contribution in [3.05, 3.63) is 46.2 Å². The summed E-state index contributed by atoms with van der Waals surface area (Å²) in [6, 6.07) is 6.14. The number of nitrogens with zero attached hydrogens (tertiary/aromatic N) is 3. The van der Waals surface area contributed by atoms with Gasteiger partial charge in [-0.05, 0) is 36.0 Å². The third-order valence-corrected chi connectivity index (χ3v) is 5.95. The van der Waals surface area contributed by atoms with Crippen molar-refractivity contribution < 1.29 is 19.0 Å². The van der Waals surface area contributed by atoms with E-state index in [2.05, 4.69) is 54.0 Å². The number of ether oxygens (including phenoxy) is 3. The maximum Gasteiger partial charge on any atom is 0.279 e. The Bertz CT molecular complexity index is 1130. The summed E-state index contributed by atoms with van der Waals surface area (Å²) >= 11 is 1.25. The molecule has 34 heavy (non-hydrogen) atoms. The van der Waals surface area contributed by atoms with Gasteiger partial charge in [0.05, 0.1) is 14.2 Å². The van der Waals surface area contributed by atoms with Gasteiger partial charge in [0.2, 0.25) is 11.8 Å². The van der Waals surface area contributed by atoms with E-state index in [1.807, 2.05) is 19.1 Å². The van der Waals surface area contributed by atoms with Crippen LogP contribution in [0.15, 0.2) is 23.6 Å². The van der Waals surface area contributed by atoms with Gasteiger partial charge in [-0.3, -0.25) is 4.79 Å². The number of nitrogens with one attached hydrogen (secondary N) is 1. The second-order valence-corrected chi connectivity index (χ2v) is 9.74. The van der Waals surface area contributed by atoms with Crippen molar-refractivity contribution in [1.29, 1.82) is 0 Å². The fraction of sp³-hybridized carbons (Fsp3) is 0.440. The lowest BCUT2D eigenvalue weighted by Gasteiger charge is -2.20. The molecule has 9 heteroatoms. The lowest BCUT2D eigenvalue weighted by Crippen LogP contribution is -2.16. The summed E-state index contributed by atoms with van der Waals surface area (Å²) in [5.74, 6) is 1.37. The summed E-state index contributed by atoms with van der Waals surface area (Å²) in [5, 5.41) is 4.79. The third-order valence-electron chi connectivity index (χ3n) is 5.24. The lowest BCUT2D eigenvalue weighted by atomic mass is 9.86. The first-order valence-corrected chi connectivity index (χ1v) is 12.1. The van der Waals surface area contributed by atoms with Crippen molar-refractivity contribution in [2.45, 2.75) is 59.3 Å². The Labute approximate surface area is 204 Å². The molecule has 0 saturated heterocycles. The molecule has 1 N–H and O–H groups in total. The van der Waals surface area contributed by atoms with Crippen molar-refractivity contribution in [3.63, 3.8) is 0 Å². The molecule has 0 atom stereocenters. The number of aryl methyl sites for hydroxylation is 2. The van der Waals surface area contributed by atoms with Crippen molar-refractivity contribution in [1.82, 2.24) is 15.0 Å². The van der Waals surface area contributed by atoms with Crippen LogP contribution in [-0.2, 0) is 11.8 Å². The Balaban J connectivity index is 1.80. The fourth-order valence-electron chi connectivity index (χ4n) is 3.17. The first-order chi connectivity index (χ1) is 16.2. The summed E-state index contributed by atoms with van der Waals surface area (Å²) < 4.78 is 16.8. The molecule has 182 valence electrons. The minimum absolute atomic E-state index is 0.00793. The minimum atomic E-state index is -0.437. The number of hydrogen-bond donors (Lipinski definition) is 1. The number of hydrogen-bond acceptors (Lipinski definition) is 8. The lowest BCUT2D eigenvalue weighted by molar-refractivity contribution is 0.102. The van der Waals surface area contributed by atoms with Crippen LogP contribution in [0, 0.1) is 6.92 Å². The standard InChI is InChI=1S/C25H32N4O4S/c1-8-9-10-19-27-22(31-6)20(23(28-19)32-7)29-21(30)17-14-34-24(26-17)33-18-13-16(25(3,4)5)12-11-15(18)2/h11-14H,8-10H2,1-7H3,(H,29,30). The van der Waals surface area contributed by atoms with E-state index in [0.29, 0.717) is 23.2 Å². The number of benzene rings is 1. The van der Waals surface area contributed by atoms with Gasteiger partial charge < -0.3 is 19.5 Å². The fourth-order valence-corrected chi connectivity index (χ4v) is 3.83. The number of rotatable bonds is 9. The highest BCUT2D eigenvalue weighted by atomic mass is 32.1. The van der Waals surface area contributed by atoms with E-state index in [-0.39, 0.29) is 28.6 Å². The maximum atomic E-state index is 12.9. The van der Waals surface area contributed by atoms with Gasteiger partial charge in [-0.15, -0.1) is 0 Å². The molecule has 0 spiro atoms. The van der Waals surface area contributed by atoms with Gasteiger partial charge in [-0.1, -0.05) is 57.6 Å². The second kappa shape index (κ2) is 10.8. The van der Waals surface area contributed by atoms with Crippen LogP contribution in [0.3, 0.4) is 0 Å². The maximum absolute atomic E-state index is 12.9. The van der Waals surface area contributed by atoms with Crippen molar-refractivity contribution >= 4 is 22.9 Å². The Morgan fingerprint density at radius 1 is 1.09 bits per heavy atom. The highest BCUT2D eigenvalue weighted by molar-refractivity contribution is 7.11. The summed E-state index contributed by atoms with van der Waals surface area (Å²) in [6.45, 7) is 10.5. The molecule has 0 bridgehead atoms. The van der Waals surface area contributed by atoms with E-state index in [1.165, 1.54) is 25.6 Å². The van der Waals surface area contributed by atoms with E-state index in [0.717, 1.165) is 24.0 Å². The Kier molecular flexibility index (Phi) is 8.09. The van der Waals surface area contributed by atoms with E-state index < -0.39 is 5.91 Å². The molecule has 0 radical (unpaired) electrons. The van der Waals surface area contributed by atoms with Crippen LogP contribution in [-0.4, -0.2) is 35.1 Å². The smallest absolute Gasteiger partial charge is 0.279 e. The van der Waals surface area contributed by atoms with Crippen molar-refractivity contribution in [3.8, 4) is 22.7 Å². The summed E-state index contributed by atoms with van der Waals surface area (Å²) in [7, 11) is 2.98. The second-order valence-electron chi connectivity index (χ2n) is 8.92. The van der Waals surface area contributed by atoms with Gasteiger partial charge in [0.25, 0.3) is 11.1 Å².